The molecule has 1 heteroatoms. The van der Waals surface area contributed by atoms with Crippen LogP contribution in [0.25, 0.3) is 0 Å². The van der Waals surface area contributed by atoms with Gasteiger partial charge in [0.25, 0.3) is 0 Å². The molecule has 1 fully saturated rings. The summed E-state index contributed by atoms with van der Waals surface area (Å²) >= 11 is 0. The van der Waals surface area contributed by atoms with Crippen LogP contribution in [0.2, 0.25) is 0 Å². The molecule has 2 aliphatic rings. The molecular weight excluding hydrogens is 278 g/mol. The van der Waals surface area contributed by atoms with Crippen LogP contribution in [0.5, 0.6) is 0 Å². The molecule has 0 unspecified atom stereocenters. The number of nitrogens with zero attached hydrogens (tertiary/aromatic N) is 1. The molecular formula is C22H37N. The van der Waals surface area contributed by atoms with Crippen molar-refractivity contribution in [2.75, 3.05) is 6.54 Å². The van der Waals surface area contributed by atoms with E-state index in [0.29, 0.717) is 5.41 Å². The van der Waals surface area contributed by atoms with Crippen LogP contribution in [0, 0.1) is 5.41 Å². The second-order valence-electron chi connectivity index (χ2n) is 7.61. The van der Waals surface area contributed by atoms with Crippen molar-refractivity contribution < 1.29 is 0 Å². The van der Waals surface area contributed by atoms with Crippen molar-refractivity contribution in [2.45, 2.75) is 96.8 Å². The minimum atomic E-state index is 0.648. The van der Waals surface area contributed by atoms with Gasteiger partial charge in [-0.05, 0) is 69.6 Å². The summed E-state index contributed by atoms with van der Waals surface area (Å²) in [4.78, 5) is 4.96. The van der Waals surface area contributed by atoms with E-state index in [2.05, 4.69) is 31.2 Å². The highest BCUT2D eigenvalue weighted by Crippen LogP contribution is 2.44. The molecule has 1 saturated carbocycles. The van der Waals surface area contributed by atoms with Crippen molar-refractivity contribution in [1.82, 2.24) is 0 Å². The van der Waals surface area contributed by atoms with Crippen LogP contribution in [-0.4, -0.2) is 12.3 Å². The van der Waals surface area contributed by atoms with Crippen LogP contribution < -0.4 is 0 Å². The maximum Gasteiger partial charge on any atom is 0.0423 e. The lowest BCUT2D eigenvalue weighted by molar-refractivity contribution is 0.158. The van der Waals surface area contributed by atoms with Crippen molar-refractivity contribution in [2.24, 2.45) is 10.4 Å². The Bertz CT molecular complexity index is 391. The molecule has 23 heavy (non-hydrogen) atoms. The van der Waals surface area contributed by atoms with Crippen LogP contribution in [0.3, 0.4) is 0 Å². The number of hydrogen-bond donors (Lipinski definition) is 0. The van der Waals surface area contributed by atoms with E-state index in [0.717, 1.165) is 13.0 Å². The Labute approximate surface area is 144 Å². The van der Waals surface area contributed by atoms with Crippen LogP contribution >= 0.6 is 0 Å². The summed E-state index contributed by atoms with van der Waals surface area (Å²) in [7, 11) is 0. The van der Waals surface area contributed by atoms with Gasteiger partial charge in [0.05, 0.1) is 0 Å². The summed E-state index contributed by atoms with van der Waals surface area (Å²) in [6.45, 7) is 3.36. The number of hydrogen-bond acceptors (Lipinski definition) is 1. The predicted molar refractivity (Wildman–Crippen MR) is 103 cm³/mol. The Hall–Kier alpha value is -0.850. The third-order valence-corrected chi connectivity index (χ3v) is 5.70. The molecule has 2 rings (SSSR count). The van der Waals surface area contributed by atoms with E-state index >= 15 is 0 Å². The molecule has 1 heterocycles. The number of allylic oxidation sites excluding steroid dienone is 3. The van der Waals surface area contributed by atoms with Gasteiger partial charge in [0.15, 0.2) is 0 Å². The first-order valence-electron chi connectivity index (χ1n) is 10.2. The van der Waals surface area contributed by atoms with Crippen molar-refractivity contribution in [1.29, 1.82) is 0 Å². The van der Waals surface area contributed by atoms with Gasteiger partial charge in [0, 0.05) is 12.3 Å². The van der Waals surface area contributed by atoms with Gasteiger partial charge in [-0.25, -0.2) is 0 Å². The predicted octanol–water partition coefficient (Wildman–Crippen LogP) is 7.03. The molecule has 1 aliphatic heterocycles. The quantitative estimate of drug-likeness (QED) is 0.483. The van der Waals surface area contributed by atoms with Crippen molar-refractivity contribution in [3.05, 3.63) is 24.3 Å². The molecule has 0 amide bonds. The van der Waals surface area contributed by atoms with Crippen LogP contribution in [0.15, 0.2) is 29.3 Å². The summed E-state index contributed by atoms with van der Waals surface area (Å²) < 4.78 is 0. The highest BCUT2D eigenvalue weighted by atomic mass is 14.7. The van der Waals surface area contributed by atoms with E-state index in [9.17, 15) is 0 Å². The third-order valence-electron chi connectivity index (χ3n) is 5.70. The van der Waals surface area contributed by atoms with Crippen LogP contribution in [0.4, 0.5) is 0 Å². The van der Waals surface area contributed by atoms with E-state index < -0.39 is 0 Å². The summed E-state index contributed by atoms with van der Waals surface area (Å²) in [5, 5.41) is 0. The van der Waals surface area contributed by atoms with Gasteiger partial charge in [0.2, 0.25) is 0 Å². The topological polar surface area (TPSA) is 12.4 Å². The lowest BCUT2D eigenvalue weighted by Gasteiger charge is -2.37. The zero-order chi connectivity index (χ0) is 16.2. The third kappa shape index (κ3) is 7.06. The standard InChI is InChI=1S/C22H37N/c1-2-16-22(17-11-9-12-18-22)19-15-21-14-10-7-5-3-4-6-8-13-20-23-21/h5-8H,2-4,9-20H2,1H3/b7-5+,8-6+,23-21-. The maximum absolute atomic E-state index is 4.96. The van der Waals surface area contributed by atoms with Crippen molar-refractivity contribution >= 4 is 5.71 Å². The molecule has 130 valence electrons. The Morgan fingerprint density at radius 2 is 1.57 bits per heavy atom. The lowest BCUT2D eigenvalue weighted by atomic mass is 9.68. The van der Waals surface area contributed by atoms with E-state index in [4.69, 9.17) is 4.99 Å². The van der Waals surface area contributed by atoms with Gasteiger partial charge in [-0.2, -0.15) is 0 Å². The van der Waals surface area contributed by atoms with Crippen LogP contribution in [-0.2, 0) is 0 Å². The first-order valence-corrected chi connectivity index (χ1v) is 10.2. The fourth-order valence-electron chi connectivity index (χ4n) is 4.36. The van der Waals surface area contributed by atoms with Gasteiger partial charge < -0.3 is 0 Å². The Kier molecular flexibility index (Phi) is 8.71. The first-order chi connectivity index (χ1) is 11.3. The summed E-state index contributed by atoms with van der Waals surface area (Å²) in [5.74, 6) is 0. The number of rotatable bonds is 5. The van der Waals surface area contributed by atoms with Gasteiger partial charge >= 0.3 is 0 Å². The molecule has 1 aliphatic carbocycles. The van der Waals surface area contributed by atoms with Crippen molar-refractivity contribution in [3.8, 4) is 0 Å². The second kappa shape index (κ2) is 10.8. The normalized spacial score (nSPS) is 28.0. The fraction of sp³-hybridized carbons (Fsp3) is 0.773. The smallest absolute Gasteiger partial charge is 0.0423 e. The molecule has 0 N–H and O–H groups in total. The minimum Gasteiger partial charge on any atom is -0.294 e. The SMILES string of the molecule is CCCC1(CC/C2=N\CC/C=C/CC/C=C/CC2)CCCCC1. The van der Waals surface area contributed by atoms with Gasteiger partial charge in [-0.1, -0.05) is 56.9 Å². The van der Waals surface area contributed by atoms with E-state index in [1.54, 1.807) is 0 Å². The zero-order valence-corrected chi connectivity index (χ0v) is 15.4. The Balaban J connectivity index is 1.91. The second-order valence-corrected chi connectivity index (χ2v) is 7.61. The average Bonchev–Trinajstić information content (AvgIpc) is 2.56. The van der Waals surface area contributed by atoms with E-state index in [-0.39, 0.29) is 0 Å². The molecule has 0 aromatic rings. The molecule has 0 aromatic heterocycles. The summed E-state index contributed by atoms with van der Waals surface area (Å²) in [6, 6.07) is 0. The average molecular weight is 316 g/mol. The fourth-order valence-corrected chi connectivity index (χ4v) is 4.36. The molecule has 0 spiro atoms. The van der Waals surface area contributed by atoms with Gasteiger partial charge in [-0.15, -0.1) is 0 Å². The highest BCUT2D eigenvalue weighted by molar-refractivity contribution is 5.84. The van der Waals surface area contributed by atoms with E-state index in [1.807, 2.05) is 0 Å². The highest BCUT2D eigenvalue weighted by Gasteiger charge is 2.30. The zero-order valence-electron chi connectivity index (χ0n) is 15.4. The monoisotopic (exact) mass is 315 g/mol. The number of aliphatic imine (C=N–C) groups is 1. The van der Waals surface area contributed by atoms with Crippen LogP contribution in [0.1, 0.15) is 96.8 Å². The molecule has 0 bridgehead atoms. The molecule has 1 nitrogen and oxygen atoms in total. The summed E-state index contributed by atoms with van der Waals surface area (Å²) in [5.41, 5.74) is 2.14. The molecule has 0 radical (unpaired) electrons. The molecule has 0 saturated heterocycles. The minimum absolute atomic E-state index is 0.648. The molecule has 0 atom stereocenters. The van der Waals surface area contributed by atoms with Gasteiger partial charge in [-0.3, -0.25) is 4.99 Å². The first kappa shape index (κ1) is 18.5. The Morgan fingerprint density at radius 3 is 2.30 bits per heavy atom. The van der Waals surface area contributed by atoms with E-state index in [1.165, 1.54) is 89.2 Å². The largest absolute Gasteiger partial charge is 0.294 e. The maximum atomic E-state index is 4.96. The van der Waals surface area contributed by atoms with Crippen molar-refractivity contribution in [3.63, 3.8) is 0 Å². The summed E-state index contributed by atoms with van der Waals surface area (Å²) in [6.07, 6.45) is 28.0. The molecule has 0 aromatic carbocycles. The van der Waals surface area contributed by atoms with Gasteiger partial charge in [0.1, 0.15) is 0 Å². The lowest BCUT2D eigenvalue weighted by Crippen LogP contribution is -2.25. The Morgan fingerprint density at radius 1 is 0.870 bits per heavy atom.